The van der Waals surface area contributed by atoms with Crippen LogP contribution in [-0.4, -0.2) is 35.5 Å². The largest absolute Gasteiger partial charge is 0.481 e. The van der Waals surface area contributed by atoms with Crippen LogP contribution in [0.25, 0.3) is 0 Å². The molecule has 0 aliphatic carbocycles. The summed E-state index contributed by atoms with van der Waals surface area (Å²) in [5.41, 5.74) is -0.416. The Morgan fingerprint density at radius 2 is 1.71 bits per heavy atom. The molecule has 3 N–H and O–H groups in total. The zero-order valence-electron chi connectivity index (χ0n) is 13.5. The van der Waals surface area contributed by atoms with Crippen molar-refractivity contribution in [2.45, 2.75) is 65.8 Å². The molecule has 122 valence electrons. The maximum absolute atomic E-state index is 11.7. The van der Waals surface area contributed by atoms with Gasteiger partial charge in [0.2, 0.25) is 11.8 Å². The molecule has 1 unspecified atom stereocenters. The van der Waals surface area contributed by atoms with E-state index in [1.54, 1.807) is 0 Å². The average molecular weight is 300 g/mol. The third-order valence-corrected chi connectivity index (χ3v) is 2.98. The second-order valence-electron chi connectivity index (χ2n) is 6.36. The van der Waals surface area contributed by atoms with Gasteiger partial charge in [-0.15, -0.1) is 0 Å². The standard InChI is InChI=1S/C15H28N2O4/c1-11(7-5-9-13(19)20)17-12(18)8-6-10-16-14(21)15(2,3)4/h11H,5-10H2,1-4H3,(H,16,21)(H,17,18)(H,19,20). The predicted octanol–water partition coefficient (Wildman–Crippen LogP) is 1.69. The quantitative estimate of drug-likeness (QED) is 0.565. The number of nitrogens with one attached hydrogen (secondary N) is 2. The molecule has 0 fully saturated rings. The molecule has 0 saturated heterocycles. The molecule has 0 aromatic rings. The maximum atomic E-state index is 11.7. The zero-order chi connectivity index (χ0) is 16.5. The maximum Gasteiger partial charge on any atom is 0.303 e. The van der Waals surface area contributed by atoms with Crippen molar-refractivity contribution in [2.24, 2.45) is 5.41 Å². The van der Waals surface area contributed by atoms with E-state index in [4.69, 9.17) is 5.11 Å². The Labute approximate surface area is 126 Å². The van der Waals surface area contributed by atoms with Crippen LogP contribution in [0.3, 0.4) is 0 Å². The van der Waals surface area contributed by atoms with Crippen LogP contribution in [0.15, 0.2) is 0 Å². The molecule has 0 aliphatic heterocycles. The summed E-state index contributed by atoms with van der Waals surface area (Å²) in [6, 6.07) is -0.0268. The van der Waals surface area contributed by atoms with Gasteiger partial charge < -0.3 is 15.7 Å². The molecule has 0 aliphatic rings. The Kier molecular flexibility index (Phi) is 8.66. The topological polar surface area (TPSA) is 95.5 Å². The first-order valence-electron chi connectivity index (χ1n) is 7.42. The first kappa shape index (κ1) is 19.4. The number of amides is 2. The van der Waals surface area contributed by atoms with Crippen LogP contribution in [0.4, 0.5) is 0 Å². The lowest BCUT2D eigenvalue weighted by molar-refractivity contribution is -0.137. The molecule has 0 aromatic heterocycles. The first-order chi connectivity index (χ1) is 9.62. The van der Waals surface area contributed by atoms with Crippen LogP contribution in [0.5, 0.6) is 0 Å². The molecule has 6 heteroatoms. The van der Waals surface area contributed by atoms with Gasteiger partial charge in [-0.1, -0.05) is 20.8 Å². The van der Waals surface area contributed by atoms with Crippen molar-refractivity contribution < 1.29 is 19.5 Å². The Morgan fingerprint density at radius 1 is 1.10 bits per heavy atom. The number of carbonyl (C=O) groups excluding carboxylic acids is 2. The van der Waals surface area contributed by atoms with Gasteiger partial charge in [0.15, 0.2) is 0 Å². The minimum Gasteiger partial charge on any atom is -0.481 e. The number of carboxylic acids is 1. The van der Waals surface area contributed by atoms with Crippen LogP contribution in [0.1, 0.15) is 59.8 Å². The molecular formula is C15H28N2O4. The number of aliphatic carboxylic acids is 1. The van der Waals surface area contributed by atoms with E-state index in [-0.39, 0.29) is 24.3 Å². The highest BCUT2D eigenvalue weighted by Crippen LogP contribution is 2.12. The SMILES string of the molecule is CC(CCCC(=O)O)NC(=O)CCCNC(=O)C(C)(C)C. The summed E-state index contributed by atoms with van der Waals surface area (Å²) in [6.45, 7) is 7.87. The molecule has 0 rings (SSSR count). The van der Waals surface area contributed by atoms with Crippen molar-refractivity contribution in [1.29, 1.82) is 0 Å². The second-order valence-corrected chi connectivity index (χ2v) is 6.36. The van der Waals surface area contributed by atoms with Gasteiger partial charge in [0, 0.05) is 30.8 Å². The molecule has 1 atom stereocenters. The lowest BCUT2D eigenvalue weighted by Gasteiger charge is -2.17. The fourth-order valence-corrected chi connectivity index (χ4v) is 1.69. The van der Waals surface area contributed by atoms with Crippen molar-refractivity contribution in [3.8, 4) is 0 Å². The normalized spacial score (nSPS) is 12.6. The molecule has 2 amide bonds. The Morgan fingerprint density at radius 3 is 2.24 bits per heavy atom. The van der Waals surface area contributed by atoms with Gasteiger partial charge in [-0.05, 0) is 26.2 Å². The summed E-state index contributed by atoms with van der Waals surface area (Å²) in [5, 5.41) is 14.2. The zero-order valence-corrected chi connectivity index (χ0v) is 13.5. The Bertz CT molecular complexity index is 361. The summed E-state index contributed by atoms with van der Waals surface area (Å²) >= 11 is 0. The van der Waals surface area contributed by atoms with E-state index >= 15 is 0 Å². The molecule has 0 bridgehead atoms. The van der Waals surface area contributed by atoms with E-state index < -0.39 is 11.4 Å². The third kappa shape index (κ3) is 10.8. The van der Waals surface area contributed by atoms with Gasteiger partial charge in [-0.3, -0.25) is 14.4 Å². The van der Waals surface area contributed by atoms with Crippen LogP contribution in [-0.2, 0) is 14.4 Å². The van der Waals surface area contributed by atoms with Crippen molar-refractivity contribution in [2.75, 3.05) is 6.54 Å². The number of hydrogen-bond acceptors (Lipinski definition) is 3. The van der Waals surface area contributed by atoms with E-state index in [2.05, 4.69) is 10.6 Å². The van der Waals surface area contributed by atoms with Gasteiger partial charge in [0.05, 0.1) is 0 Å². The molecule has 0 spiro atoms. The van der Waals surface area contributed by atoms with E-state index in [0.29, 0.717) is 32.2 Å². The molecule has 21 heavy (non-hydrogen) atoms. The van der Waals surface area contributed by atoms with E-state index in [9.17, 15) is 14.4 Å². The summed E-state index contributed by atoms with van der Waals surface area (Å²) in [7, 11) is 0. The van der Waals surface area contributed by atoms with E-state index in [0.717, 1.165) is 0 Å². The van der Waals surface area contributed by atoms with Gasteiger partial charge in [0.25, 0.3) is 0 Å². The summed E-state index contributed by atoms with van der Waals surface area (Å²) in [6.07, 6.45) is 2.28. The van der Waals surface area contributed by atoms with Crippen LogP contribution in [0, 0.1) is 5.41 Å². The molecule has 6 nitrogen and oxygen atoms in total. The third-order valence-electron chi connectivity index (χ3n) is 2.98. The number of hydrogen-bond donors (Lipinski definition) is 3. The summed E-state index contributed by atoms with van der Waals surface area (Å²) in [4.78, 5) is 33.6. The monoisotopic (exact) mass is 300 g/mol. The lowest BCUT2D eigenvalue weighted by atomic mass is 9.96. The smallest absolute Gasteiger partial charge is 0.303 e. The lowest BCUT2D eigenvalue weighted by Crippen LogP contribution is -2.36. The van der Waals surface area contributed by atoms with Gasteiger partial charge in [0.1, 0.15) is 0 Å². The van der Waals surface area contributed by atoms with Gasteiger partial charge in [-0.2, -0.15) is 0 Å². The molecule has 0 heterocycles. The van der Waals surface area contributed by atoms with Gasteiger partial charge >= 0.3 is 5.97 Å². The van der Waals surface area contributed by atoms with Crippen LogP contribution in [0.2, 0.25) is 0 Å². The van der Waals surface area contributed by atoms with Crippen molar-refractivity contribution >= 4 is 17.8 Å². The molecule has 0 radical (unpaired) electrons. The molecular weight excluding hydrogens is 272 g/mol. The first-order valence-corrected chi connectivity index (χ1v) is 7.42. The number of carbonyl (C=O) groups is 3. The Hall–Kier alpha value is -1.59. The van der Waals surface area contributed by atoms with E-state index in [1.807, 2.05) is 27.7 Å². The Balaban J connectivity index is 3.71. The second kappa shape index (κ2) is 9.37. The fourth-order valence-electron chi connectivity index (χ4n) is 1.69. The van der Waals surface area contributed by atoms with Crippen molar-refractivity contribution in [3.05, 3.63) is 0 Å². The van der Waals surface area contributed by atoms with E-state index in [1.165, 1.54) is 0 Å². The fraction of sp³-hybridized carbons (Fsp3) is 0.800. The number of carboxylic acid groups (broad SMARTS) is 1. The highest BCUT2D eigenvalue weighted by molar-refractivity contribution is 5.81. The van der Waals surface area contributed by atoms with Crippen LogP contribution < -0.4 is 10.6 Å². The highest BCUT2D eigenvalue weighted by atomic mass is 16.4. The van der Waals surface area contributed by atoms with Crippen LogP contribution >= 0.6 is 0 Å². The number of rotatable bonds is 9. The summed E-state index contributed by atoms with van der Waals surface area (Å²) < 4.78 is 0. The van der Waals surface area contributed by atoms with Gasteiger partial charge in [-0.25, -0.2) is 0 Å². The summed E-state index contributed by atoms with van der Waals surface area (Å²) in [5.74, 6) is -0.907. The molecule has 0 aromatic carbocycles. The van der Waals surface area contributed by atoms with Crippen molar-refractivity contribution in [1.82, 2.24) is 10.6 Å². The predicted molar refractivity (Wildman–Crippen MR) is 80.8 cm³/mol. The minimum absolute atomic E-state index is 0.0232. The highest BCUT2D eigenvalue weighted by Gasteiger charge is 2.20. The minimum atomic E-state index is -0.817. The van der Waals surface area contributed by atoms with Crippen molar-refractivity contribution in [3.63, 3.8) is 0 Å². The molecule has 0 saturated carbocycles. The average Bonchev–Trinajstić information content (AvgIpc) is 2.32.